The van der Waals surface area contributed by atoms with Crippen LogP contribution < -0.4 is 5.32 Å². The lowest BCUT2D eigenvalue weighted by molar-refractivity contribution is 0.0912. The summed E-state index contributed by atoms with van der Waals surface area (Å²) < 4.78 is 7.24. The normalized spacial score (nSPS) is 10.4. The van der Waals surface area contributed by atoms with Gasteiger partial charge in [-0.25, -0.2) is 0 Å². The lowest BCUT2D eigenvalue weighted by atomic mass is 10.2. The van der Waals surface area contributed by atoms with Gasteiger partial charge >= 0.3 is 0 Å². The van der Waals surface area contributed by atoms with Gasteiger partial charge in [0.1, 0.15) is 0 Å². The van der Waals surface area contributed by atoms with Gasteiger partial charge in [0.05, 0.1) is 12.2 Å². The van der Waals surface area contributed by atoms with E-state index in [1.807, 2.05) is 18.2 Å². The van der Waals surface area contributed by atoms with Gasteiger partial charge in [-0.2, -0.15) is 0 Å². The minimum absolute atomic E-state index is 0.0699. The Hall–Kier alpha value is -0.140. The summed E-state index contributed by atoms with van der Waals surface area (Å²) in [5, 5.41) is 2.85. The predicted molar refractivity (Wildman–Crippen MR) is 84.9 cm³/mol. The number of hydrogen-bond acceptors (Lipinski definition) is 2. The molecule has 0 saturated carbocycles. The number of amides is 1. The fourth-order valence-corrected chi connectivity index (χ4v) is 2.27. The second-order valence-corrected chi connectivity index (χ2v) is 5.95. The zero-order chi connectivity index (χ0) is 13.4. The first-order chi connectivity index (χ1) is 8.65. The molecule has 0 unspecified atom stereocenters. The second kappa shape index (κ2) is 8.87. The van der Waals surface area contributed by atoms with Crippen molar-refractivity contribution in [3.63, 3.8) is 0 Å². The molecule has 18 heavy (non-hydrogen) atoms. The Bertz CT molecular complexity index is 399. The molecule has 0 spiro atoms. The standard InChI is InChI=1S/C13H17BrINO2/c1-2-3-7-18-8-6-16-13(17)11-9-10(15)4-5-12(11)14/h4-5,9H,2-3,6-8H2,1H3,(H,16,17). The third-order valence-corrected chi connectivity index (χ3v) is 3.71. The number of hydrogen-bond donors (Lipinski definition) is 1. The Morgan fingerprint density at radius 3 is 2.94 bits per heavy atom. The van der Waals surface area contributed by atoms with Gasteiger partial charge in [0, 0.05) is 21.2 Å². The highest BCUT2D eigenvalue weighted by molar-refractivity contribution is 14.1. The summed E-state index contributed by atoms with van der Waals surface area (Å²) in [5.74, 6) is -0.0699. The van der Waals surface area contributed by atoms with Gasteiger partial charge in [-0.05, 0) is 63.1 Å². The summed E-state index contributed by atoms with van der Waals surface area (Å²) in [7, 11) is 0. The van der Waals surface area contributed by atoms with Crippen LogP contribution in [0.25, 0.3) is 0 Å². The Labute approximate surface area is 130 Å². The minimum Gasteiger partial charge on any atom is -0.380 e. The molecule has 0 bridgehead atoms. The van der Waals surface area contributed by atoms with E-state index in [1.54, 1.807) is 0 Å². The van der Waals surface area contributed by atoms with Crippen LogP contribution in [-0.4, -0.2) is 25.7 Å². The summed E-state index contributed by atoms with van der Waals surface area (Å²) in [4.78, 5) is 11.9. The van der Waals surface area contributed by atoms with Crippen LogP contribution in [0.4, 0.5) is 0 Å². The summed E-state index contributed by atoms with van der Waals surface area (Å²) in [5.41, 5.74) is 0.662. The largest absolute Gasteiger partial charge is 0.380 e. The summed E-state index contributed by atoms with van der Waals surface area (Å²) in [6, 6.07) is 5.70. The highest BCUT2D eigenvalue weighted by Gasteiger charge is 2.09. The third kappa shape index (κ3) is 5.67. The molecule has 0 aromatic heterocycles. The average molecular weight is 426 g/mol. The molecule has 0 heterocycles. The summed E-state index contributed by atoms with van der Waals surface area (Å²) >= 11 is 5.57. The lowest BCUT2D eigenvalue weighted by Crippen LogP contribution is -2.27. The molecule has 0 radical (unpaired) electrons. The van der Waals surface area contributed by atoms with Crippen LogP contribution in [0.1, 0.15) is 30.1 Å². The predicted octanol–water partition coefficient (Wildman–Crippen LogP) is 3.60. The number of ether oxygens (including phenoxy) is 1. The topological polar surface area (TPSA) is 38.3 Å². The molecule has 3 nitrogen and oxygen atoms in total. The third-order valence-electron chi connectivity index (χ3n) is 2.35. The second-order valence-electron chi connectivity index (χ2n) is 3.85. The van der Waals surface area contributed by atoms with Crippen molar-refractivity contribution in [2.24, 2.45) is 0 Å². The van der Waals surface area contributed by atoms with Crippen molar-refractivity contribution >= 4 is 44.4 Å². The first-order valence-electron chi connectivity index (χ1n) is 5.96. The molecule has 1 aromatic rings. The number of unbranched alkanes of at least 4 members (excludes halogenated alkanes) is 1. The van der Waals surface area contributed by atoms with E-state index in [2.05, 4.69) is 50.8 Å². The van der Waals surface area contributed by atoms with Gasteiger partial charge < -0.3 is 10.1 Å². The summed E-state index contributed by atoms with van der Waals surface area (Å²) in [6.45, 7) is 3.99. The molecule has 1 N–H and O–H groups in total. The molecule has 0 aliphatic rings. The van der Waals surface area contributed by atoms with Crippen LogP contribution >= 0.6 is 38.5 Å². The van der Waals surface area contributed by atoms with Gasteiger partial charge in [0.25, 0.3) is 5.91 Å². The van der Waals surface area contributed by atoms with Crippen molar-refractivity contribution in [2.75, 3.05) is 19.8 Å². The van der Waals surface area contributed by atoms with Crippen molar-refractivity contribution in [3.05, 3.63) is 31.8 Å². The van der Waals surface area contributed by atoms with Crippen LogP contribution in [-0.2, 0) is 4.74 Å². The average Bonchev–Trinajstić information content (AvgIpc) is 2.36. The van der Waals surface area contributed by atoms with E-state index in [4.69, 9.17) is 4.74 Å². The fourth-order valence-electron chi connectivity index (χ4n) is 1.35. The van der Waals surface area contributed by atoms with Gasteiger partial charge in [0.2, 0.25) is 0 Å². The van der Waals surface area contributed by atoms with E-state index in [0.29, 0.717) is 18.7 Å². The number of halogens is 2. The molecule has 1 amide bonds. The maximum atomic E-state index is 11.9. The number of benzene rings is 1. The van der Waals surface area contributed by atoms with Crippen molar-refractivity contribution in [1.82, 2.24) is 5.32 Å². The number of rotatable bonds is 7. The number of carbonyl (C=O) groups excluding carboxylic acids is 1. The van der Waals surface area contributed by atoms with E-state index in [-0.39, 0.29) is 5.91 Å². The first-order valence-corrected chi connectivity index (χ1v) is 7.83. The van der Waals surface area contributed by atoms with Crippen LogP contribution in [0.5, 0.6) is 0 Å². The Balaban J connectivity index is 2.34. The maximum absolute atomic E-state index is 11.9. The van der Waals surface area contributed by atoms with Gasteiger partial charge in [0.15, 0.2) is 0 Å². The first kappa shape index (κ1) is 15.9. The van der Waals surface area contributed by atoms with Gasteiger partial charge in [-0.3, -0.25) is 4.79 Å². The molecule has 1 rings (SSSR count). The highest BCUT2D eigenvalue weighted by Crippen LogP contribution is 2.19. The van der Waals surface area contributed by atoms with Crippen LogP contribution in [0.15, 0.2) is 22.7 Å². The van der Waals surface area contributed by atoms with Crippen molar-refractivity contribution in [3.8, 4) is 0 Å². The molecule has 0 fully saturated rings. The van der Waals surface area contributed by atoms with Crippen molar-refractivity contribution < 1.29 is 9.53 Å². The van der Waals surface area contributed by atoms with Gasteiger partial charge in [-0.15, -0.1) is 0 Å². The Kier molecular flexibility index (Phi) is 7.85. The zero-order valence-electron chi connectivity index (χ0n) is 10.3. The molecule has 0 aliphatic carbocycles. The molecule has 0 saturated heterocycles. The fraction of sp³-hybridized carbons (Fsp3) is 0.462. The quantitative estimate of drug-likeness (QED) is 0.535. The van der Waals surface area contributed by atoms with Crippen LogP contribution in [0.2, 0.25) is 0 Å². The maximum Gasteiger partial charge on any atom is 0.252 e. The van der Waals surface area contributed by atoms with E-state index in [1.165, 1.54) is 0 Å². The molecule has 0 aliphatic heterocycles. The highest BCUT2D eigenvalue weighted by atomic mass is 127. The Morgan fingerprint density at radius 2 is 2.22 bits per heavy atom. The molecular weight excluding hydrogens is 409 g/mol. The molecule has 0 atom stereocenters. The number of nitrogens with one attached hydrogen (secondary N) is 1. The Morgan fingerprint density at radius 1 is 1.44 bits per heavy atom. The van der Waals surface area contributed by atoms with E-state index < -0.39 is 0 Å². The van der Waals surface area contributed by atoms with Crippen molar-refractivity contribution in [1.29, 1.82) is 0 Å². The summed E-state index contributed by atoms with van der Waals surface area (Å²) in [6.07, 6.45) is 2.19. The molecular formula is C13H17BrINO2. The molecule has 5 heteroatoms. The minimum atomic E-state index is -0.0699. The number of carbonyl (C=O) groups is 1. The van der Waals surface area contributed by atoms with Crippen molar-refractivity contribution in [2.45, 2.75) is 19.8 Å². The lowest BCUT2D eigenvalue weighted by Gasteiger charge is -2.08. The van der Waals surface area contributed by atoms with E-state index >= 15 is 0 Å². The monoisotopic (exact) mass is 425 g/mol. The SMILES string of the molecule is CCCCOCCNC(=O)c1cc(I)ccc1Br. The van der Waals surface area contributed by atoms with Crippen LogP contribution in [0.3, 0.4) is 0 Å². The van der Waals surface area contributed by atoms with Gasteiger partial charge in [-0.1, -0.05) is 13.3 Å². The molecule has 100 valence electrons. The molecule has 1 aromatic carbocycles. The zero-order valence-corrected chi connectivity index (χ0v) is 14.1. The smallest absolute Gasteiger partial charge is 0.252 e. The van der Waals surface area contributed by atoms with E-state index in [9.17, 15) is 4.79 Å². The van der Waals surface area contributed by atoms with E-state index in [0.717, 1.165) is 27.5 Å². The van der Waals surface area contributed by atoms with Crippen LogP contribution in [0, 0.1) is 3.57 Å².